The highest BCUT2D eigenvalue weighted by atomic mass is 32.1. The van der Waals surface area contributed by atoms with E-state index in [-0.39, 0.29) is 30.7 Å². The number of fused-ring (bicyclic) bond motifs is 1. The predicted molar refractivity (Wildman–Crippen MR) is 113 cm³/mol. The van der Waals surface area contributed by atoms with E-state index in [4.69, 9.17) is 4.74 Å². The largest absolute Gasteiger partial charge is 0.462 e. The Balaban J connectivity index is 1.66. The maximum Gasteiger partial charge on any atom is 0.390 e. The first-order valence-corrected chi connectivity index (χ1v) is 10.9. The summed E-state index contributed by atoms with van der Waals surface area (Å²) in [4.78, 5) is 36.5. The van der Waals surface area contributed by atoms with Crippen LogP contribution in [0.25, 0.3) is 0 Å². The van der Waals surface area contributed by atoms with Gasteiger partial charge in [0.05, 0.1) is 35.6 Å². The van der Waals surface area contributed by atoms with Crippen LogP contribution in [-0.2, 0) is 28.9 Å². The highest BCUT2D eigenvalue weighted by Crippen LogP contribution is 2.40. The molecule has 0 aromatic carbocycles. The number of rotatable bonds is 8. The van der Waals surface area contributed by atoms with Gasteiger partial charge in [0.1, 0.15) is 5.00 Å². The summed E-state index contributed by atoms with van der Waals surface area (Å²) in [5.74, 6) is -0.239. The van der Waals surface area contributed by atoms with Crippen molar-refractivity contribution in [1.82, 2.24) is 9.78 Å². The van der Waals surface area contributed by atoms with Crippen LogP contribution in [0.4, 0.5) is 10.8 Å². The van der Waals surface area contributed by atoms with Crippen LogP contribution in [0.2, 0.25) is 0 Å². The normalized spacial score (nSPS) is 15.5. The maximum absolute atomic E-state index is 12.5. The van der Waals surface area contributed by atoms with Gasteiger partial charge in [0.15, 0.2) is 0 Å². The standard InChI is InChI=1S/C20H26N4O5S/c1-4-29-20(26)18-14-8-7-12(2)10-15(14)30-19(18)21-17(25)6-5-9-23-13(3)11-16(22-23)24(27)28/h11-12H,4-10H2,1-3H3,(H,21,25). The van der Waals surface area contributed by atoms with Crippen LogP contribution in [-0.4, -0.2) is 33.2 Å². The Hall–Kier alpha value is -2.75. The Morgan fingerprint density at radius 2 is 2.23 bits per heavy atom. The van der Waals surface area contributed by atoms with Gasteiger partial charge in [-0.05, 0) is 55.9 Å². The molecule has 1 aliphatic carbocycles. The molecule has 0 saturated carbocycles. The zero-order chi connectivity index (χ0) is 21.8. The molecular weight excluding hydrogens is 408 g/mol. The second kappa shape index (κ2) is 9.38. The van der Waals surface area contributed by atoms with Crippen LogP contribution < -0.4 is 5.32 Å². The number of aryl methyl sites for hydroxylation is 2. The molecule has 2 aromatic heterocycles. The number of anilines is 1. The first-order valence-electron chi connectivity index (χ1n) is 10.1. The average molecular weight is 435 g/mol. The van der Waals surface area contributed by atoms with Gasteiger partial charge in [0.25, 0.3) is 0 Å². The molecule has 162 valence electrons. The number of nitrogens with zero attached hydrogens (tertiary/aromatic N) is 3. The number of amides is 1. The number of carbonyl (C=O) groups excluding carboxylic acids is 2. The number of hydrogen-bond donors (Lipinski definition) is 1. The van der Waals surface area contributed by atoms with Crippen LogP contribution >= 0.6 is 11.3 Å². The topological polar surface area (TPSA) is 116 Å². The van der Waals surface area contributed by atoms with Crippen molar-refractivity contribution in [3.8, 4) is 0 Å². The molecule has 0 aliphatic heterocycles. The summed E-state index contributed by atoms with van der Waals surface area (Å²) < 4.78 is 6.75. The molecule has 2 aromatic rings. The monoisotopic (exact) mass is 434 g/mol. The fraction of sp³-hybridized carbons (Fsp3) is 0.550. The highest BCUT2D eigenvalue weighted by Gasteiger charge is 2.29. The number of nitrogens with one attached hydrogen (secondary N) is 1. The van der Waals surface area contributed by atoms with Gasteiger partial charge >= 0.3 is 11.8 Å². The lowest BCUT2D eigenvalue weighted by Gasteiger charge is -2.18. The van der Waals surface area contributed by atoms with E-state index in [2.05, 4.69) is 17.3 Å². The van der Waals surface area contributed by atoms with Gasteiger partial charge in [0.2, 0.25) is 5.91 Å². The summed E-state index contributed by atoms with van der Waals surface area (Å²) in [6, 6.07) is 1.41. The van der Waals surface area contributed by atoms with E-state index in [9.17, 15) is 19.7 Å². The number of aromatic nitrogens is 2. The molecule has 0 spiro atoms. The molecule has 1 N–H and O–H groups in total. The third kappa shape index (κ3) is 4.86. The fourth-order valence-corrected chi connectivity index (χ4v) is 5.06. The number of carbonyl (C=O) groups is 2. The van der Waals surface area contributed by atoms with Crippen LogP contribution in [0, 0.1) is 23.0 Å². The molecule has 1 unspecified atom stereocenters. The molecule has 0 bridgehead atoms. The summed E-state index contributed by atoms with van der Waals surface area (Å²) in [7, 11) is 0. The predicted octanol–water partition coefficient (Wildman–Crippen LogP) is 3.88. The van der Waals surface area contributed by atoms with E-state index >= 15 is 0 Å². The molecule has 10 heteroatoms. The molecule has 1 amide bonds. The minimum absolute atomic E-state index is 0.200. The van der Waals surface area contributed by atoms with Crippen molar-refractivity contribution in [2.75, 3.05) is 11.9 Å². The molecular formula is C20H26N4O5S. The lowest BCUT2D eigenvalue weighted by Crippen LogP contribution is -2.17. The van der Waals surface area contributed by atoms with Gasteiger partial charge < -0.3 is 20.2 Å². The Morgan fingerprint density at radius 3 is 2.90 bits per heavy atom. The van der Waals surface area contributed by atoms with Crippen molar-refractivity contribution in [2.24, 2.45) is 5.92 Å². The third-order valence-electron chi connectivity index (χ3n) is 5.17. The zero-order valence-corrected chi connectivity index (χ0v) is 18.2. The Morgan fingerprint density at radius 1 is 1.47 bits per heavy atom. The highest BCUT2D eigenvalue weighted by molar-refractivity contribution is 7.17. The van der Waals surface area contributed by atoms with Gasteiger partial charge in [-0.15, -0.1) is 11.3 Å². The maximum atomic E-state index is 12.5. The Kier molecular flexibility index (Phi) is 6.86. The molecule has 0 saturated heterocycles. The molecule has 1 atom stereocenters. The molecule has 1 aliphatic rings. The van der Waals surface area contributed by atoms with Gasteiger partial charge in [-0.1, -0.05) is 6.92 Å². The fourth-order valence-electron chi connectivity index (χ4n) is 3.64. The van der Waals surface area contributed by atoms with Gasteiger partial charge in [-0.3, -0.25) is 4.79 Å². The van der Waals surface area contributed by atoms with E-state index in [1.165, 1.54) is 22.1 Å². The average Bonchev–Trinajstić information content (AvgIpc) is 3.21. The minimum atomic E-state index is -0.535. The van der Waals surface area contributed by atoms with Crippen LogP contribution in [0.1, 0.15) is 59.6 Å². The SMILES string of the molecule is CCOC(=O)c1c(NC(=O)CCCn2nc([N+](=O)[O-])cc2C)sc2c1CCC(C)C2. The van der Waals surface area contributed by atoms with Crippen molar-refractivity contribution in [3.63, 3.8) is 0 Å². The number of esters is 1. The smallest absolute Gasteiger partial charge is 0.390 e. The summed E-state index contributed by atoms with van der Waals surface area (Å²) >= 11 is 1.46. The third-order valence-corrected chi connectivity index (χ3v) is 6.34. The van der Waals surface area contributed by atoms with E-state index < -0.39 is 4.92 Å². The van der Waals surface area contributed by atoms with Gasteiger partial charge in [-0.25, -0.2) is 4.79 Å². The second-order valence-corrected chi connectivity index (χ2v) is 8.66. The van der Waals surface area contributed by atoms with Crippen LogP contribution in [0.15, 0.2) is 6.07 Å². The van der Waals surface area contributed by atoms with E-state index in [1.807, 2.05) is 0 Å². The number of hydrogen-bond acceptors (Lipinski definition) is 7. The van der Waals surface area contributed by atoms with Crippen molar-refractivity contribution >= 4 is 34.0 Å². The van der Waals surface area contributed by atoms with E-state index in [1.54, 1.807) is 13.8 Å². The summed E-state index contributed by atoms with van der Waals surface area (Å²) in [5, 5.41) is 18.2. The lowest BCUT2D eigenvalue weighted by molar-refractivity contribution is -0.389. The van der Waals surface area contributed by atoms with Crippen molar-refractivity contribution < 1.29 is 19.2 Å². The van der Waals surface area contributed by atoms with Crippen molar-refractivity contribution in [3.05, 3.63) is 37.9 Å². The lowest BCUT2D eigenvalue weighted by atomic mass is 9.88. The van der Waals surface area contributed by atoms with E-state index in [0.717, 1.165) is 29.7 Å². The summed E-state index contributed by atoms with van der Waals surface area (Å²) in [6.07, 6.45) is 3.42. The number of thiophene rings is 1. The first kappa shape index (κ1) is 21.9. The molecule has 0 radical (unpaired) electrons. The molecule has 3 rings (SSSR count). The minimum Gasteiger partial charge on any atom is -0.462 e. The quantitative estimate of drug-likeness (QED) is 0.383. The Labute approximate surface area is 178 Å². The molecule has 2 heterocycles. The van der Waals surface area contributed by atoms with Gasteiger partial charge in [-0.2, -0.15) is 4.68 Å². The number of nitro groups is 1. The second-order valence-electron chi connectivity index (χ2n) is 7.55. The van der Waals surface area contributed by atoms with Crippen molar-refractivity contribution in [1.29, 1.82) is 0 Å². The summed E-state index contributed by atoms with van der Waals surface area (Å²) in [5.41, 5.74) is 2.17. The molecule has 0 fully saturated rings. The van der Waals surface area contributed by atoms with Gasteiger partial charge in [0, 0.05) is 11.3 Å². The molecule has 30 heavy (non-hydrogen) atoms. The van der Waals surface area contributed by atoms with Crippen LogP contribution in [0.5, 0.6) is 0 Å². The van der Waals surface area contributed by atoms with Crippen LogP contribution in [0.3, 0.4) is 0 Å². The number of ether oxygens (including phenoxy) is 1. The van der Waals surface area contributed by atoms with E-state index in [0.29, 0.717) is 35.1 Å². The summed E-state index contributed by atoms with van der Waals surface area (Å²) in [6.45, 7) is 6.37. The molecule has 9 nitrogen and oxygen atoms in total. The zero-order valence-electron chi connectivity index (χ0n) is 17.4. The first-order chi connectivity index (χ1) is 14.3. The Bertz CT molecular complexity index is 965. The van der Waals surface area contributed by atoms with Crippen molar-refractivity contribution in [2.45, 2.75) is 59.4 Å².